The van der Waals surface area contributed by atoms with Crippen molar-refractivity contribution in [1.82, 2.24) is 0 Å². The van der Waals surface area contributed by atoms with Crippen molar-refractivity contribution in [2.75, 3.05) is 0 Å². The Hall–Kier alpha value is -1.63. The number of carboxylic acid groups (broad SMARTS) is 3. The minimum absolute atomic E-state index is 1.34. The second-order valence-corrected chi connectivity index (χ2v) is 2.26. The fraction of sp³-hybridized carbons (Fsp3) is 0.500. The van der Waals surface area contributed by atoms with Crippen LogP contribution in [-0.2, 0) is 14.4 Å². The van der Waals surface area contributed by atoms with Gasteiger partial charge in [-0.05, 0) is 0 Å². The summed E-state index contributed by atoms with van der Waals surface area (Å²) in [5, 5.41) is 29.4. The Kier molecular flexibility index (Phi) is 2.37. The maximum atomic E-state index is 10.6. The van der Waals surface area contributed by atoms with E-state index in [1.165, 1.54) is 0 Å². The quantitative estimate of drug-likeness (QED) is 0.429. The van der Waals surface area contributed by atoms with Gasteiger partial charge in [-0.1, -0.05) is 0 Å². The molecule has 0 bridgehead atoms. The van der Waals surface area contributed by atoms with Gasteiger partial charge in [0.1, 0.15) is 0 Å². The summed E-state index contributed by atoms with van der Waals surface area (Å²) in [6.45, 7) is 0. The number of hydrogen-bond acceptors (Lipinski definition) is 5. The van der Waals surface area contributed by atoms with Crippen molar-refractivity contribution < 1.29 is 36.2 Å². The summed E-state index contributed by atoms with van der Waals surface area (Å²) in [5.74, 6) is -5.40. The molecule has 0 spiro atoms. The van der Waals surface area contributed by atoms with Gasteiger partial charge >= 0.3 is 17.9 Å². The average Bonchev–Trinajstić information content (AvgIpc) is 2.13. The van der Waals surface area contributed by atoms with Crippen molar-refractivity contribution in [3.63, 3.8) is 0 Å². The van der Waals surface area contributed by atoms with E-state index in [0.29, 0.717) is 0 Å². The van der Waals surface area contributed by atoms with Crippen molar-refractivity contribution in [1.29, 1.82) is 1.43 Å². The van der Waals surface area contributed by atoms with Crippen molar-refractivity contribution in [3.8, 4) is 0 Å². The monoisotopic (exact) mass is 194 g/mol. The van der Waals surface area contributed by atoms with E-state index < -0.39 is 36.3 Å². The van der Waals surface area contributed by atoms with E-state index >= 15 is 0 Å². The van der Waals surface area contributed by atoms with Crippen LogP contribution < -0.4 is 0 Å². The van der Waals surface area contributed by atoms with Crippen LogP contribution in [0.15, 0.2) is 0 Å². The molecule has 0 aliphatic heterocycles. The van der Waals surface area contributed by atoms with Crippen molar-refractivity contribution >= 4 is 17.9 Å². The van der Waals surface area contributed by atoms with Gasteiger partial charge in [0, 0.05) is 1.37 Å². The Balaban J connectivity index is 5.02. The van der Waals surface area contributed by atoms with Crippen LogP contribution in [-0.4, -0.2) is 43.9 Å². The van der Waals surface area contributed by atoms with Crippen LogP contribution in [0.1, 0.15) is 14.2 Å². The molecule has 13 heavy (non-hydrogen) atoms. The van der Waals surface area contributed by atoms with Crippen LogP contribution in [0.2, 0.25) is 0 Å². The fourth-order valence-corrected chi connectivity index (χ4v) is 0.614. The molecule has 2 atom stereocenters. The average molecular weight is 194 g/mol. The van der Waals surface area contributed by atoms with Gasteiger partial charge in [-0.2, -0.15) is 0 Å². The van der Waals surface area contributed by atoms with Crippen LogP contribution in [0.3, 0.4) is 0 Å². The minimum Gasteiger partial charge on any atom is -0.481 e. The lowest BCUT2D eigenvalue weighted by atomic mass is 9.96. The second kappa shape index (κ2) is 3.85. The van der Waals surface area contributed by atoms with Gasteiger partial charge < -0.3 is 20.4 Å². The standard InChI is InChI=1S/C6H8O7/c7-3(8)1-6(13,5(11)12)2-4(9)10/h13H,1-2H2,(H,7,8)(H,9,10)(H,11,12)/i1D/hD. The Labute approximate surface area is 75.1 Å². The third-order valence-electron chi connectivity index (χ3n) is 1.15. The van der Waals surface area contributed by atoms with Gasteiger partial charge in [0.25, 0.3) is 1.43 Å². The van der Waals surface area contributed by atoms with E-state index in [4.69, 9.17) is 13.0 Å². The number of carboxylic acids is 3. The highest BCUT2D eigenvalue weighted by molar-refractivity contribution is 5.88. The lowest BCUT2D eigenvalue weighted by Gasteiger charge is -2.18. The summed E-state index contributed by atoms with van der Waals surface area (Å²) >= 11 is 0. The van der Waals surface area contributed by atoms with E-state index in [1.807, 2.05) is 0 Å². The van der Waals surface area contributed by atoms with Crippen LogP contribution in [0, 0.1) is 0 Å². The Morgan fingerprint density at radius 3 is 2.15 bits per heavy atom. The molecule has 0 amide bonds. The zero-order valence-electron chi connectivity index (χ0n) is 8.26. The van der Waals surface area contributed by atoms with Crippen LogP contribution in [0.25, 0.3) is 1.43 Å². The molecular formula is C6H8O7. The summed E-state index contributed by atoms with van der Waals surface area (Å²) in [7, 11) is 0. The predicted octanol–water partition coefficient (Wildman–Crippen LogP) is -1.25. The van der Waals surface area contributed by atoms with Crippen molar-refractivity contribution in [2.24, 2.45) is 0 Å². The SMILES string of the molecule is [2H]OC(=O)C([2H])C(O)(CC(=O)O)C(=O)O. The van der Waals surface area contributed by atoms with Gasteiger partial charge in [-0.25, -0.2) is 4.79 Å². The molecule has 0 heterocycles. The topological polar surface area (TPSA) is 132 Å². The van der Waals surface area contributed by atoms with Crippen molar-refractivity contribution in [3.05, 3.63) is 0 Å². The predicted molar refractivity (Wildman–Crippen MR) is 37.1 cm³/mol. The lowest BCUT2D eigenvalue weighted by Crippen LogP contribution is -2.42. The zero-order valence-corrected chi connectivity index (χ0v) is 6.26. The summed E-state index contributed by atoms with van der Waals surface area (Å²) in [6, 6.07) is 0. The summed E-state index contributed by atoms with van der Waals surface area (Å²) in [4.78, 5) is 31.4. The number of aliphatic hydroxyl groups is 1. The van der Waals surface area contributed by atoms with Crippen LogP contribution >= 0.6 is 0 Å². The zero-order chi connectivity index (χ0) is 12.2. The Morgan fingerprint density at radius 2 is 1.85 bits per heavy atom. The smallest absolute Gasteiger partial charge is 0.336 e. The molecule has 0 saturated carbocycles. The van der Waals surface area contributed by atoms with Gasteiger partial charge in [0.2, 0.25) is 0 Å². The fourth-order valence-electron chi connectivity index (χ4n) is 0.614. The molecule has 0 radical (unpaired) electrons. The molecule has 4 N–H and O–H groups in total. The van der Waals surface area contributed by atoms with Gasteiger partial charge in [-0.3, -0.25) is 9.59 Å². The first kappa shape index (κ1) is 7.99. The number of aliphatic carboxylic acids is 3. The molecule has 7 heteroatoms. The molecule has 0 saturated heterocycles. The maximum absolute atomic E-state index is 10.6. The first-order valence-corrected chi connectivity index (χ1v) is 3.02. The van der Waals surface area contributed by atoms with E-state index in [-0.39, 0.29) is 0 Å². The van der Waals surface area contributed by atoms with E-state index in [2.05, 4.69) is 5.11 Å². The lowest BCUT2D eigenvalue weighted by molar-refractivity contribution is -0.170. The van der Waals surface area contributed by atoms with Crippen LogP contribution in [0.5, 0.6) is 0 Å². The molecule has 7 nitrogen and oxygen atoms in total. The maximum Gasteiger partial charge on any atom is 0.336 e. The van der Waals surface area contributed by atoms with Gasteiger partial charge in [0.15, 0.2) is 5.60 Å². The number of carbonyl (C=O) groups is 3. The summed E-state index contributed by atoms with van der Waals surface area (Å²) in [6.07, 6.45) is -3.74. The van der Waals surface area contributed by atoms with E-state index in [0.717, 1.165) is 0 Å². The normalized spacial score (nSPS) is 18.8. The van der Waals surface area contributed by atoms with Crippen molar-refractivity contribution in [2.45, 2.75) is 18.4 Å². The first-order chi connectivity index (χ1) is 6.75. The molecule has 0 aromatic heterocycles. The second-order valence-electron chi connectivity index (χ2n) is 2.26. The van der Waals surface area contributed by atoms with Crippen LogP contribution in [0.4, 0.5) is 0 Å². The summed E-state index contributed by atoms with van der Waals surface area (Å²) in [5.41, 5.74) is -3.11. The molecule has 0 aromatic rings. The number of rotatable bonds is 5. The molecule has 74 valence electrons. The minimum atomic E-state index is -3.11. The molecule has 0 rings (SSSR count). The van der Waals surface area contributed by atoms with Gasteiger partial charge in [0.05, 0.1) is 12.8 Å². The molecular weight excluding hydrogens is 184 g/mol. The highest BCUT2D eigenvalue weighted by atomic mass is 16.4. The molecule has 0 aliphatic carbocycles. The Morgan fingerprint density at radius 1 is 1.31 bits per heavy atom. The first-order valence-electron chi connectivity index (χ1n) is 4.01. The molecule has 2 unspecified atom stereocenters. The third-order valence-corrected chi connectivity index (χ3v) is 1.15. The highest BCUT2D eigenvalue weighted by Crippen LogP contribution is 2.15. The van der Waals surface area contributed by atoms with Gasteiger partial charge in [-0.15, -0.1) is 0 Å². The molecule has 0 aliphatic rings. The van der Waals surface area contributed by atoms with E-state index in [1.54, 1.807) is 0 Å². The Bertz CT molecular complexity index is 291. The largest absolute Gasteiger partial charge is 0.481 e. The third kappa shape index (κ3) is 3.52. The number of hydrogen-bond donors (Lipinski definition) is 4. The molecule has 0 aromatic carbocycles. The highest BCUT2D eigenvalue weighted by Gasteiger charge is 2.40. The van der Waals surface area contributed by atoms with E-state index in [9.17, 15) is 19.5 Å². The molecule has 0 fully saturated rings. The summed E-state index contributed by atoms with van der Waals surface area (Å²) < 4.78 is 13.1.